The standard InChI is InChI=1S/C10H18N2O/c13-10(12-9-2-1-3-9)6-8-4-5-11-7-8/h8-9,11H,1-7H2,(H,12,13)/t8-/m0/s1. The van der Waals surface area contributed by atoms with Gasteiger partial charge in [0.2, 0.25) is 5.91 Å². The summed E-state index contributed by atoms with van der Waals surface area (Å²) in [4.78, 5) is 11.5. The summed E-state index contributed by atoms with van der Waals surface area (Å²) in [7, 11) is 0. The van der Waals surface area contributed by atoms with Crippen LogP contribution in [0.3, 0.4) is 0 Å². The average Bonchev–Trinajstić information content (AvgIpc) is 2.49. The van der Waals surface area contributed by atoms with Crippen LogP contribution in [0.2, 0.25) is 0 Å². The molecule has 0 aromatic heterocycles. The predicted octanol–water partition coefficient (Wildman–Crippen LogP) is 0.655. The molecule has 2 N–H and O–H groups in total. The van der Waals surface area contributed by atoms with Gasteiger partial charge in [-0.25, -0.2) is 0 Å². The van der Waals surface area contributed by atoms with Crippen LogP contribution in [-0.4, -0.2) is 25.0 Å². The molecule has 2 rings (SSSR count). The van der Waals surface area contributed by atoms with Gasteiger partial charge in [-0.3, -0.25) is 4.79 Å². The number of carbonyl (C=O) groups excluding carboxylic acids is 1. The van der Waals surface area contributed by atoms with Crippen molar-refractivity contribution in [3.63, 3.8) is 0 Å². The third-order valence-corrected chi connectivity index (χ3v) is 3.11. The minimum atomic E-state index is 0.262. The van der Waals surface area contributed by atoms with Crippen LogP contribution < -0.4 is 10.6 Å². The van der Waals surface area contributed by atoms with Crippen LogP contribution in [0.5, 0.6) is 0 Å². The van der Waals surface area contributed by atoms with Gasteiger partial charge in [0.1, 0.15) is 0 Å². The lowest BCUT2D eigenvalue weighted by Crippen LogP contribution is -2.40. The van der Waals surface area contributed by atoms with Crippen LogP contribution in [0.25, 0.3) is 0 Å². The first kappa shape index (κ1) is 9.00. The second-order valence-corrected chi connectivity index (χ2v) is 4.26. The zero-order valence-corrected chi connectivity index (χ0v) is 8.01. The maximum absolute atomic E-state index is 11.5. The van der Waals surface area contributed by atoms with Gasteiger partial charge in [-0.05, 0) is 44.7 Å². The number of amides is 1. The number of carbonyl (C=O) groups is 1. The van der Waals surface area contributed by atoms with Crippen LogP contribution in [-0.2, 0) is 4.79 Å². The Morgan fingerprint density at radius 2 is 2.23 bits per heavy atom. The van der Waals surface area contributed by atoms with Crippen molar-refractivity contribution in [2.45, 2.75) is 38.1 Å². The van der Waals surface area contributed by atoms with Gasteiger partial charge >= 0.3 is 0 Å². The molecular formula is C10H18N2O. The fourth-order valence-corrected chi connectivity index (χ4v) is 1.99. The first-order valence-corrected chi connectivity index (χ1v) is 5.34. The summed E-state index contributed by atoms with van der Waals surface area (Å²) in [5, 5.41) is 6.36. The Balaban J connectivity index is 1.64. The van der Waals surface area contributed by atoms with E-state index < -0.39 is 0 Å². The highest BCUT2D eigenvalue weighted by molar-refractivity contribution is 5.76. The monoisotopic (exact) mass is 182 g/mol. The van der Waals surface area contributed by atoms with Gasteiger partial charge in [0.05, 0.1) is 0 Å². The van der Waals surface area contributed by atoms with Crippen molar-refractivity contribution in [3.8, 4) is 0 Å². The molecule has 1 aliphatic heterocycles. The minimum absolute atomic E-state index is 0.262. The van der Waals surface area contributed by atoms with Crippen molar-refractivity contribution in [1.29, 1.82) is 0 Å². The number of rotatable bonds is 3. The molecule has 2 aliphatic rings. The lowest BCUT2D eigenvalue weighted by Gasteiger charge is -2.26. The van der Waals surface area contributed by atoms with E-state index >= 15 is 0 Å². The predicted molar refractivity (Wildman–Crippen MR) is 51.4 cm³/mol. The van der Waals surface area contributed by atoms with Gasteiger partial charge in [-0.1, -0.05) is 0 Å². The maximum atomic E-state index is 11.5. The molecule has 13 heavy (non-hydrogen) atoms. The maximum Gasteiger partial charge on any atom is 0.220 e. The van der Waals surface area contributed by atoms with Crippen molar-refractivity contribution in [2.75, 3.05) is 13.1 Å². The summed E-state index contributed by atoms with van der Waals surface area (Å²) in [6, 6.07) is 0.502. The molecule has 0 unspecified atom stereocenters. The number of nitrogens with one attached hydrogen (secondary N) is 2. The summed E-state index contributed by atoms with van der Waals surface area (Å²) < 4.78 is 0. The van der Waals surface area contributed by atoms with Crippen LogP contribution in [0, 0.1) is 5.92 Å². The van der Waals surface area contributed by atoms with E-state index in [1.165, 1.54) is 19.3 Å². The Labute approximate surface area is 79.3 Å². The lowest BCUT2D eigenvalue weighted by atomic mass is 9.92. The first-order valence-electron chi connectivity index (χ1n) is 5.34. The van der Waals surface area contributed by atoms with E-state index in [2.05, 4.69) is 10.6 Å². The van der Waals surface area contributed by atoms with Crippen LogP contribution in [0.1, 0.15) is 32.1 Å². The van der Waals surface area contributed by atoms with Gasteiger partial charge in [0.15, 0.2) is 0 Å². The molecular weight excluding hydrogens is 164 g/mol. The molecule has 3 heteroatoms. The fourth-order valence-electron chi connectivity index (χ4n) is 1.99. The second kappa shape index (κ2) is 4.09. The Morgan fingerprint density at radius 3 is 2.77 bits per heavy atom. The molecule has 0 aromatic carbocycles. The Kier molecular flexibility index (Phi) is 2.83. The molecule has 0 radical (unpaired) electrons. The number of hydrogen-bond acceptors (Lipinski definition) is 2. The molecule has 74 valence electrons. The summed E-state index contributed by atoms with van der Waals surface area (Å²) in [5.41, 5.74) is 0. The van der Waals surface area contributed by atoms with E-state index in [9.17, 15) is 4.79 Å². The van der Waals surface area contributed by atoms with Gasteiger partial charge in [-0.15, -0.1) is 0 Å². The molecule has 1 aliphatic carbocycles. The van der Waals surface area contributed by atoms with E-state index in [1.54, 1.807) is 0 Å². The molecule has 1 amide bonds. The molecule has 0 spiro atoms. The van der Waals surface area contributed by atoms with Crippen molar-refractivity contribution < 1.29 is 4.79 Å². The van der Waals surface area contributed by atoms with Crippen LogP contribution in [0.15, 0.2) is 0 Å². The van der Waals surface area contributed by atoms with Crippen molar-refractivity contribution >= 4 is 5.91 Å². The fraction of sp³-hybridized carbons (Fsp3) is 0.900. The molecule has 1 atom stereocenters. The quantitative estimate of drug-likeness (QED) is 0.673. The van der Waals surface area contributed by atoms with E-state index in [0.717, 1.165) is 25.9 Å². The van der Waals surface area contributed by atoms with E-state index in [4.69, 9.17) is 0 Å². The molecule has 1 saturated carbocycles. The van der Waals surface area contributed by atoms with Crippen molar-refractivity contribution in [2.24, 2.45) is 5.92 Å². The summed E-state index contributed by atoms with van der Waals surface area (Å²) >= 11 is 0. The average molecular weight is 182 g/mol. The summed E-state index contributed by atoms with van der Waals surface area (Å²) in [6.07, 6.45) is 5.56. The molecule has 0 aromatic rings. The van der Waals surface area contributed by atoms with Crippen LogP contribution in [0.4, 0.5) is 0 Å². The molecule has 0 bridgehead atoms. The Bertz CT molecular complexity index is 183. The highest BCUT2D eigenvalue weighted by Crippen LogP contribution is 2.19. The van der Waals surface area contributed by atoms with Crippen molar-refractivity contribution in [3.05, 3.63) is 0 Å². The topological polar surface area (TPSA) is 41.1 Å². The Hall–Kier alpha value is -0.570. The largest absolute Gasteiger partial charge is 0.353 e. The van der Waals surface area contributed by atoms with Gasteiger partial charge in [0, 0.05) is 12.5 Å². The highest BCUT2D eigenvalue weighted by Gasteiger charge is 2.22. The van der Waals surface area contributed by atoms with E-state index in [1.807, 2.05) is 0 Å². The SMILES string of the molecule is O=C(C[C@@H]1CCNC1)NC1CCC1. The summed E-state index contributed by atoms with van der Waals surface area (Å²) in [6.45, 7) is 2.11. The lowest BCUT2D eigenvalue weighted by molar-refractivity contribution is -0.123. The second-order valence-electron chi connectivity index (χ2n) is 4.26. The Morgan fingerprint density at radius 1 is 1.38 bits per heavy atom. The molecule has 3 nitrogen and oxygen atoms in total. The third-order valence-electron chi connectivity index (χ3n) is 3.11. The summed E-state index contributed by atoms with van der Waals surface area (Å²) in [5.74, 6) is 0.846. The highest BCUT2D eigenvalue weighted by atomic mass is 16.1. The third kappa shape index (κ3) is 2.44. The van der Waals surface area contributed by atoms with Gasteiger partial charge in [-0.2, -0.15) is 0 Å². The minimum Gasteiger partial charge on any atom is -0.353 e. The van der Waals surface area contributed by atoms with Gasteiger partial charge in [0.25, 0.3) is 0 Å². The van der Waals surface area contributed by atoms with Crippen LogP contribution >= 0.6 is 0 Å². The smallest absolute Gasteiger partial charge is 0.220 e. The van der Waals surface area contributed by atoms with Crippen molar-refractivity contribution in [1.82, 2.24) is 10.6 Å². The molecule has 2 fully saturated rings. The zero-order valence-electron chi connectivity index (χ0n) is 8.01. The molecule has 1 saturated heterocycles. The number of hydrogen-bond donors (Lipinski definition) is 2. The molecule has 1 heterocycles. The zero-order chi connectivity index (χ0) is 9.10. The van der Waals surface area contributed by atoms with E-state index in [-0.39, 0.29) is 5.91 Å². The first-order chi connectivity index (χ1) is 6.34. The van der Waals surface area contributed by atoms with Gasteiger partial charge < -0.3 is 10.6 Å². The normalized spacial score (nSPS) is 28.5. The van der Waals surface area contributed by atoms with E-state index in [0.29, 0.717) is 12.0 Å².